The number of benzene rings is 1. The summed E-state index contributed by atoms with van der Waals surface area (Å²) in [4.78, 5) is 11.7. The average molecular weight is 255 g/mol. The van der Waals surface area contributed by atoms with Gasteiger partial charge >= 0.3 is 0 Å². The van der Waals surface area contributed by atoms with Crippen LogP contribution in [0.3, 0.4) is 0 Å². The number of hydrogen-bond donors (Lipinski definition) is 1. The minimum Gasteiger partial charge on any atom is -0.495 e. The average Bonchev–Trinajstić information content (AvgIpc) is 2.35. The Morgan fingerprint density at radius 3 is 2.76 bits per heavy atom. The fourth-order valence-corrected chi connectivity index (χ4v) is 3.73. The Kier molecular flexibility index (Phi) is 2.82. The highest BCUT2D eigenvalue weighted by atomic mass is 32.2. The highest BCUT2D eigenvalue weighted by molar-refractivity contribution is 7.91. The molecule has 1 amide bonds. The lowest BCUT2D eigenvalue weighted by Crippen LogP contribution is -2.22. The highest BCUT2D eigenvalue weighted by Gasteiger charge is 2.32. The number of anilines is 1. The van der Waals surface area contributed by atoms with Crippen LogP contribution in [-0.2, 0) is 14.6 Å². The lowest BCUT2D eigenvalue weighted by molar-refractivity contribution is -0.118. The van der Waals surface area contributed by atoms with Crippen molar-refractivity contribution in [1.29, 1.82) is 0 Å². The van der Waals surface area contributed by atoms with Gasteiger partial charge in [-0.05, 0) is 12.1 Å². The number of sulfone groups is 1. The zero-order chi connectivity index (χ0) is 12.6. The largest absolute Gasteiger partial charge is 0.495 e. The molecule has 0 saturated carbocycles. The summed E-state index contributed by atoms with van der Waals surface area (Å²) in [7, 11) is -2.11. The summed E-state index contributed by atoms with van der Waals surface area (Å²) in [6, 6.07) is 4.77. The van der Waals surface area contributed by atoms with E-state index in [4.69, 9.17) is 4.74 Å². The van der Waals surface area contributed by atoms with Crippen LogP contribution in [0.25, 0.3) is 0 Å². The van der Waals surface area contributed by atoms with Gasteiger partial charge in [-0.2, -0.15) is 0 Å². The van der Waals surface area contributed by atoms with E-state index >= 15 is 0 Å². The predicted octanol–water partition coefficient (Wildman–Crippen LogP) is 1.06. The van der Waals surface area contributed by atoms with Gasteiger partial charge in [-0.1, -0.05) is 13.0 Å². The summed E-state index contributed by atoms with van der Waals surface area (Å²) in [5.74, 6) is -0.804. The van der Waals surface area contributed by atoms with Gasteiger partial charge in [0.25, 0.3) is 0 Å². The molecule has 1 aromatic carbocycles. The van der Waals surface area contributed by atoms with Crippen molar-refractivity contribution in [3.8, 4) is 5.75 Å². The van der Waals surface area contributed by atoms with Crippen molar-refractivity contribution in [3.05, 3.63) is 18.2 Å². The fourth-order valence-electron chi connectivity index (χ4n) is 1.84. The van der Waals surface area contributed by atoms with E-state index in [0.29, 0.717) is 5.69 Å². The number of rotatable bonds is 1. The van der Waals surface area contributed by atoms with Crippen molar-refractivity contribution in [1.82, 2.24) is 0 Å². The van der Waals surface area contributed by atoms with Crippen molar-refractivity contribution in [2.75, 3.05) is 18.2 Å². The van der Waals surface area contributed by atoms with Gasteiger partial charge in [0.1, 0.15) is 10.6 Å². The molecule has 1 atom stereocenters. The van der Waals surface area contributed by atoms with Gasteiger partial charge in [0.15, 0.2) is 9.84 Å². The van der Waals surface area contributed by atoms with Crippen LogP contribution in [-0.4, -0.2) is 27.2 Å². The monoisotopic (exact) mass is 255 g/mol. The van der Waals surface area contributed by atoms with E-state index in [9.17, 15) is 13.2 Å². The molecule has 17 heavy (non-hydrogen) atoms. The summed E-state index contributed by atoms with van der Waals surface area (Å²) < 4.78 is 29.4. The topological polar surface area (TPSA) is 72.5 Å². The molecular weight excluding hydrogens is 242 g/mol. The minimum atomic E-state index is -3.51. The summed E-state index contributed by atoms with van der Waals surface area (Å²) >= 11 is 0. The van der Waals surface area contributed by atoms with Crippen LogP contribution in [0.2, 0.25) is 0 Å². The first-order valence-corrected chi connectivity index (χ1v) is 6.81. The van der Waals surface area contributed by atoms with E-state index in [2.05, 4.69) is 5.32 Å². The van der Waals surface area contributed by atoms with Gasteiger partial charge in [0, 0.05) is 5.92 Å². The van der Waals surface area contributed by atoms with Crippen LogP contribution >= 0.6 is 0 Å². The van der Waals surface area contributed by atoms with Gasteiger partial charge in [-0.15, -0.1) is 0 Å². The van der Waals surface area contributed by atoms with Crippen molar-refractivity contribution in [2.24, 2.45) is 5.92 Å². The first-order valence-electron chi connectivity index (χ1n) is 5.16. The summed E-state index contributed by atoms with van der Waals surface area (Å²) in [5.41, 5.74) is 0.290. The van der Waals surface area contributed by atoms with Crippen LogP contribution in [0.15, 0.2) is 23.1 Å². The zero-order valence-electron chi connectivity index (χ0n) is 9.56. The maximum absolute atomic E-state index is 12.2. The van der Waals surface area contributed by atoms with Crippen LogP contribution < -0.4 is 10.1 Å². The Morgan fingerprint density at radius 2 is 2.12 bits per heavy atom. The molecule has 0 spiro atoms. The van der Waals surface area contributed by atoms with Gasteiger partial charge in [-0.25, -0.2) is 8.42 Å². The second kappa shape index (κ2) is 4.03. The SMILES string of the molecule is COc1cccc2c1S(=O)(=O)CC(C)C(=O)N2. The molecule has 1 aliphatic heterocycles. The van der Waals surface area contributed by atoms with Crippen LogP contribution in [0.4, 0.5) is 5.69 Å². The van der Waals surface area contributed by atoms with Crippen molar-refractivity contribution in [2.45, 2.75) is 11.8 Å². The fraction of sp³-hybridized carbons (Fsp3) is 0.364. The summed E-state index contributed by atoms with van der Waals surface area (Å²) in [6.45, 7) is 1.59. The number of amides is 1. The zero-order valence-corrected chi connectivity index (χ0v) is 10.4. The van der Waals surface area contributed by atoms with Crippen LogP contribution in [0.1, 0.15) is 6.92 Å². The maximum atomic E-state index is 12.2. The molecule has 1 aliphatic rings. The van der Waals surface area contributed by atoms with Crippen LogP contribution in [0, 0.1) is 5.92 Å². The second-order valence-corrected chi connectivity index (χ2v) is 5.98. The molecule has 5 nitrogen and oxygen atoms in total. The molecule has 6 heteroatoms. The third kappa shape index (κ3) is 2.00. The van der Waals surface area contributed by atoms with E-state index in [1.807, 2.05) is 0 Å². The molecule has 0 fully saturated rings. The molecule has 1 aromatic rings. The third-order valence-corrected chi connectivity index (χ3v) is 4.67. The van der Waals surface area contributed by atoms with Gasteiger partial charge in [-0.3, -0.25) is 4.79 Å². The van der Waals surface area contributed by atoms with Crippen molar-refractivity contribution < 1.29 is 17.9 Å². The van der Waals surface area contributed by atoms with Crippen molar-refractivity contribution >= 4 is 21.4 Å². The molecule has 0 aliphatic carbocycles. The molecule has 2 rings (SSSR count). The first kappa shape index (κ1) is 11.9. The van der Waals surface area contributed by atoms with Gasteiger partial charge in [0.2, 0.25) is 5.91 Å². The Bertz CT molecular complexity index is 565. The Balaban J connectivity index is 2.70. The summed E-state index contributed by atoms with van der Waals surface area (Å²) in [5, 5.41) is 2.60. The van der Waals surface area contributed by atoms with E-state index in [-0.39, 0.29) is 22.3 Å². The van der Waals surface area contributed by atoms with Gasteiger partial charge in [0.05, 0.1) is 18.6 Å². The smallest absolute Gasteiger partial charge is 0.228 e. The maximum Gasteiger partial charge on any atom is 0.228 e. The molecule has 0 radical (unpaired) electrons. The molecule has 92 valence electrons. The van der Waals surface area contributed by atoms with E-state index in [1.165, 1.54) is 7.11 Å². The molecule has 0 saturated heterocycles. The van der Waals surface area contributed by atoms with E-state index in [1.54, 1.807) is 25.1 Å². The third-order valence-electron chi connectivity index (χ3n) is 2.68. The number of fused-ring (bicyclic) bond motifs is 1. The number of methoxy groups -OCH3 is 1. The molecule has 0 aromatic heterocycles. The Morgan fingerprint density at radius 1 is 1.41 bits per heavy atom. The second-order valence-electron chi connectivity index (χ2n) is 4.01. The van der Waals surface area contributed by atoms with E-state index < -0.39 is 15.8 Å². The number of nitrogens with one attached hydrogen (secondary N) is 1. The minimum absolute atomic E-state index is 0.0696. The summed E-state index contributed by atoms with van der Waals surface area (Å²) in [6.07, 6.45) is 0. The van der Waals surface area contributed by atoms with E-state index in [0.717, 1.165) is 0 Å². The quantitative estimate of drug-likeness (QED) is 0.814. The lowest BCUT2D eigenvalue weighted by Gasteiger charge is -2.10. The van der Waals surface area contributed by atoms with Crippen LogP contribution in [0.5, 0.6) is 5.75 Å². The molecule has 1 heterocycles. The Hall–Kier alpha value is -1.56. The number of carbonyl (C=O) groups excluding carboxylic acids is 1. The van der Waals surface area contributed by atoms with Crippen molar-refractivity contribution in [3.63, 3.8) is 0 Å². The van der Waals surface area contributed by atoms with Gasteiger partial charge < -0.3 is 10.1 Å². The predicted molar refractivity (Wildman–Crippen MR) is 62.8 cm³/mol. The lowest BCUT2D eigenvalue weighted by atomic mass is 10.2. The number of carbonyl (C=O) groups is 1. The highest BCUT2D eigenvalue weighted by Crippen LogP contribution is 2.35. The normalized spacial score (nSPS) is 22.2. The standard InChI is InChI=1S/C11H13NO4S/c1-7-6-17(14,15)10-8(12-11(7)13)4-3-5-9(10)16-2/h3-5,7H,6H2,1-2H3,(H,12,13). The number of ether oxygens (including phenoxy) is 1. The molecule has 0 bridgehead atoms. The number of hydrogen-bond acceptors (Lipinski definition) is 4. The molecule has 1 N–H and O–H groups in total. The molecular formula is C11H13NO4S. The first-order chi connectivity index (χ1) is 7.95. The Labute approximate surface area is 99.7 Å². The molecule has 1 unspecified atom stereocenters.